The van der Waals surface area contributed by atoms with Gasteiger partial charge in [-0.15, -0.1) is 0 Å². The number of benzene rings is 1. The maximum absolute atomic E-state index is 11.1. The molecule has 0 amide bonds. The molecule has 0 saturated carbocycles. The number of fused-ring (bicyclic) bond motifs is 1. The minimum absolute atomic E-state index is 0.287. The first kappa shape index (κ1) is 11.6. The SMILES string of the molecule is O=C(O)c1cccc2c1ncn2C1CCCSC1. The molecule has 94 valence electrons. The summed E-state index contributed by atoms with van der Waals surface area (Å²) in [6.45, 7) is 0. The number of hydrogen-bond acceptors (Lipinski definition) is 3. The van der Waals surface area contributed by atoms with E-state index in [-0.39, 0.29) is 5.56 Å². The monoisotopic (exact) mass is 262 g/mol. The summed E-state index contributed by atoms with van der Waals surface area (Å²) in [4.78, 5) is 15.4. The Labute approximate surface area is 109 Å². The summed E-state index contributed by atoms with van der Waals surface area (Å²) in [7, 11) is 0. The molecule has 18 heavy (non-hydrogen) atoms. The van der Waals surface area contributed by atoms with E-state index in [0.717, 1.165) is 17.7 Å². The van der Waals surface area contributed by atoms with E-state index in [9.17, 15) is 4.79 Å². The fraction of sp³-hybridized carbons (Fsp3) is 0.385. The number of aromatic nitrogens is 2. The Morgan fingerprint density at radius 3 is 3.11 bits per heavy atom. The maximum Gasteiger partial charge on any atom is 0.337 e. The summed E-state index contributed by atoms with van der Waals surface area (Å²) in [5, 5.41) is 9.15. The Hall–Kier alpha value is -1.49. The van der Waals surface area contributed by atoms with Crippen molar-refractivity contribution in [2.45, 2.75) is 18.9 Å². The molecule has 3 rings (SSSR count). The summed E-state index contributed by atoms with van der Waals surface area (Å²) in [6, 6.07) is 5.80. The Morgan fingerprint density at radius 2 is 2.39 bits per heavy atom. The summed E-state index contributed by atoms with van der Waals surface area (Å²) < 4.78 is 2.13. The van der Waals surface area contributed by atoms with E-state index >= 15 is 0 Å². The molecule has 1 fully saturated rings. The third-order valence-corrected chi connectivity index (χ3v) is 4.56. The van der Waals surface area contributed by atoms with Gasteiger partial charge in [-0.3, -0.25) is 0 Å². The molecule has 2 aromatic rings. The quantitative estimate of drug-likeness (QED) is 0.904. The van der Waals surface area contributed by atoms with Gasteiger partial charge in [0.15, 0.2) is 0 Å². The van der Waals surface area contributed by atoms with Crippen molar-refractivity contribution in [3.8, 4) is 0 Å². The lowest BCUT2D eigenvalue weighted by Gasteiger charge is -2.23. The van der Waals surface area contributed by atoms with Crippen molar-refractivity contribution in [3.63, 3.8) is 0 Å². The van der Waals surface area contributed by atoms with Crippen molar-refractivity contribution in [2.75, 3.05) is 11.5 Å². The number of rotatable bonds is 2. The molecule has 1 aliphatic rings. The highest BCUT2D eigenvalue weighted by Crippen LogP contribution is 2.30. The van der Waals surface area contributed by atoms with Crippen LogP contribution in [0.15, 0.2) is 24.5 Å². The van der Waals surface area contributed by atoms with Crippen LogP contribution in [-0.2, 0) is 0 Å². The molecule has 1 aromatic heterocycles. The number of nitrogens with zero attached hydrogens (tertiary/aromatic N) is 2. The zero-order valence-electron chi connectivity index (χ0n) is 9.87. The van der Waals surface area contributed by atoms with Crippen molar-refractivity contribution in [1.29, 1.82) is 0 Å². The largest absolute Gasteiger partial charge is 0.478 e. The number of carboxylic acids is 1. The Bertz CT molecular complexity index is 588. The van der Waals surface area contributed by atoms with Crippen LogP contribution in [0.2, 0.25) is 0 Å². The molecule has 1 N–H and O–H groups in total. The van der Waals surface area contributed by atoms with E-state index in [4.69, 9.17) is 5.11 Å². The Balaban J connectivity index is 2.08. The molecule has 1 unspecified atom stereocenters. The van der Waals surface area contributed by atoms with Gasteiger partial charge in [0.2, 0.25) is 0 Å². The number of hydrogen-bond donors (Lipinski definition) is 1. The fourth-order valence-corrected chi connectivity index (χ4v) is 3.60. The lowest BCUT2D eigenvalue weighted by molar-refractivity contribution is 0.0699. The zero-order chi connectivity index (χ0) is 12.5. The first-order valence-electron chi connectivity index (χ1n) is 6.04. The molecular formula is C13H14N2O2S. The lowest BCUT2D eigenvalue weighted by atomic mass is 10.1. The average molecular weight is 262 g/mol. The van der Waals surface area contributed by atoms with Crippen LogP contribution in [0.5, 0.6) is 0 Å². The molecule has 4 nitrogen and oxygen atoms in total. The van der Waals surface area contributed by atoms with Gasteiger partial charge in [-0.2, -0.15) is 11.8 Å². The zero-order valence-corrected chi connectivity index (χ0v) is 10.7. The highest BCUT2D eigenvalue weighted by atomic mass is 32.2. The highest BCUT2D eigenvalue weighted by molar-refractivity contribution is 7.99. The number of imidazole rings is 1. The van der Waals surface area contributed by atoms with Gasteiger partial charge in [0.25, 0.3) is 0 Å². The van der Waals surface area contributed by atoms with Crippen LogP contribution in [0, 0.1) is 0 Å². The minimum atomic E-state index is -0.913. The predicted octanol–water partition coefficient (Wildman–Crippen LogP) is 2.80. The van der Waals surface area contributed by atoms with Crippen LogP contribution < -0.4 is 0 Å². The molecule has 1 aromatic carbocycles. The topological polar surface area (TPSA) is 55.1 Å². The Kier molecular flexibility index (Phi) is 2.99. The Morgan fingerprint density at radius 1 is 1.50 bits per heavy atom. The molecule has 0 bridgehead atoms. The van der Waals surface area contributed by atoms with Gasteiger partial charge in [-0.1, -0.05) is 6.07 Å². The second-order valence-electron chi connectivity index (χ2n) is 4.50. The van der Waals surface area contributed by atoms with Crippen LogP contribution >= 0.6 is 11.8 Å². The molecule has 1 atom stereocenters. The summed E-state index contributed by atoms with van der Waals surface area (Å²) in [6.07, 6.45) is 4.15. The summed E-state index contributed by atoms with van der Waals surface area (Å²) in [5.41, 5.74) is 1.82. The van der Waals surface area contributed by atoms with E-state index in [1.165, 1.54) is 12.2 Å². The van der Waals surface area contributed by atoms with Gasteiger partial charge in [-0.25, -0.2) is 9.78 Å². The first-order chi connectivity index (χ1) is 8.77. The predicted molar refractivity (Wildman–Crippen MR) is 72.3 cm³/mol. The van der Waals surface area contributed by atoms with Crippen molar-refractivity contribution >= 4 is 28.8 Å². The molecule has 5 heteroatoms. The maximum atomic E-state index is 11.1. The number of para-hydroxylation sites is 1. The van der Waals surface area contributed by atoms with Crippen LogP contribution in [0.3, 0.4) is 0 Å². The molecule has 1 saturated heterocycles. The van der Waals surface area contributed by atoms with E-state index in [1.54, 1.807) is 18.5 Å². The van der Waals surface area contributed by atoms with Gasteiger partial charge in [0, 0.05) is 11.8 Å². The fourth-order valence-electron chi connectivity index (χ4n) is 2.46. The number of aromatic carboxylic acids is 1. The van der Waals surface area contributed by atoms with Gasteiger partial charge >= 0.3 is 5.97 Å². The van der Waals surface area contributed by atoms with E-state index in [1.807, 2.05) is 17.8 Å². The molecule has 0 spiro atoms. The third-order valence-electron chi connectivity index (χ3n) is 3.36. The van der Waals surface area contributed by atoms with Crippen molar-refractivity contribution < 1.29 is 9.90 Å². The van der Waals surface area contributed by atoms with Crippen molar-refractivity contribution in [3.05, 3.63) is 30.1 Å². The summed E-state index contributed by atoms with van der Waals surface area (Å²) >= 11 is 1.96. The molecule has 2 heterocycles. The standard InChI is InChI=1S/C13H14N2O2S/c16-13(17)10-4-1-5-11-12(10)14-8-15(11)9-3-2-6-18-7-9/h1,4-5,8-9H,2-3,6-7H2,(H,16,17). The lowest BCUT2D eigenvalue weighted by Crippen LogP contribution is -2.15. The average Bonchev–Trinajstić information content (AvgIpc) is 2.83. The van der Waals surface area contributed by atoms with Crippen molar-refractivity contribution in [1.82, 2.24) is 9.55 Å². The second kappa shape index (κ2) is 4.65. The number of carbonyl (C=O) groups is 1. The molecule has 0 radical (unpaired) electrons. The van der Waals surface area contributed by atoms with E-state index in [2.05, 4.69) is 9.55 Å². The van der Waals surface area contributed by atoms with Gasteiger partial charge in [0.05, 0.1) is 17.4 Å². The van der Waals surface area contributed by atoms with Gasteiger partial charge in [0.1, 0.15) is 5.52 Å². The molecule has 0 aliphatic carbocycles. The molecule has 1 aliphatic heterocycles. The van der Waals surface area contributed by atoms with E-state index in [0.29, 0.717) is 11.6 Å². The van der Waals surface area contributed by atoms with Crippen LogP contribution in [0.25, 0.3) is 11.0 Å². The van der Waals surface area contributed by atoms with Crippen LogP contribution in [-0.4, -0.2) is 32.1 Å². The van der Waals surface area contributed by atoms with Gasteiger partial charge < -0.3 is 9.67 Å². The number of thioether (sulfide) groups is 1. The van der Waals surface area contributed by atoms with Crippen molar-refractivity contribution in [2.24, 2.45) is 0 Å². The smallest absolute Gasteiger partial charge is 0.337 e. The van der Waals surface area contributed by atoms with Crippen LogP contribution in [0.1, 0.15) is 29.2 Å². The number of carboxylic acid groups (broad SMARTS) is 1. The van der Waals surface area contributed by atoms with Crippen LogP contribution in [0.4, 0.5) is 0 Å². The second-order valence-corrected chi connectivity index (χ2v) is 5.65. The first-order valence-corrected chi connectivity index (χ1v) is 7.19. The normalized spacial score (nSPS) is 20.1. The minimum Gasteiger partial charge on any atom is -0.478 e. The molecular weight excluding hydrogens is 248 g/mol. The summed E-state index contributed by atoms with van der Waals surface area (Å²) in [5.74, 6) is 1.40. The van der Waals surface area contributed by atoms with E-state index < -0.39 is 5.97 Å². The van der Waals surface area contributed by atoms with Gasteiger partial charge in [-0.05, 0) is 30.7 Å². The third kappa shape index (κ3) is 1.88. The highest BCUT2D eigenvalue weighted by Gasteiger charge is 2.19.